The van der Waals surface area contributed by atoms with Crippen molar-refractivity contribution in [3.8, 4) is 0 Å². The van der Waals surface area contributed by atoms with E-state index in [9.17, 15) is 54.3 Å². The van der Waals surface area contributed by atoms with Crippen LogP contribution in [-0.2, 0) is 28.8 Å². The number of alkyl halides is 5. The van der Waals surface area contributed by atoms with Crippen molar-refractivity contribution in [1.29, 1.82) is 0 Å². The zero-order chi connectivity index (χ0) is 69.9. The third kappa shape index (κ3) is 14.2. The van der Waals surface area contributed by atoms with Crippen LogP contribution in [0.2, 0.25) is 15.6 Å². The van der Waals surface area contributed by atoms with Gasteiger partial charge in [-0.1, -0.05) is 23.9 Å². The maximum Gasteiger partial charge on any atom is 0.241 e. The predicted octanol–water partition coefficient (Wildman–Crippen LogP) is 8.60. The number of fused-ring (bicyclic) bond motifs is 5. The van der Waals surface area contributed by atoms with E-state index in [0.29, 0.717) is 35.8 Å². The SMILES string of the molecule is CC1=C(CCCl)[C@@H]2NC(=O)[C@]2([C@@H](O)[C@H]2C=CCCC2)[Se]1.CC1=C(CCCl)[C@@H]2NC(=O)[C@]2([C@@H](O)[C@H]2C=CCCC2)[Te]1.O=C1N[C@H]2C(CCCl)=C[Se][C@@]12[C@@H](O)[C@H]1C=CCCC1.O=C1N[C@H]2C(CCCl)=C[Te][C@@]12[C@@H](O)[C@H]1C=CCCC1.O=C1S[C@@]2([C@@H](O)[C@H]3C=CCCC3)C(=O)N[C@H]2C1CCCl. The fourth-order valence-corrected chi connectivity index (χ4v) is 34.9. The molecule has 26 heteroatoms. The third-order valence-corrected chi connectivity index (χ3v) is 40.3. The van der Waals surface area contributed by atoms with Gasteiger partial charge in [0.2, 0.25) is 5.91 Å². The minimum absolute atomic E-state index is 0.0205. The molecule has 0 bridgehead atoms. The number of rotatable bonds is 20. The van der Waals surface area contributed by atoms with E-state index in [4.69, 9.17) is 58.0 Å². The van der Waals surface area contributed by atoms with Crippen LogP contribution in [0, 0.1) is 35.5 Å². The maximum atomic E-state index is 12.3. The number of carbonyl (C=O) groups is 6. The molecule has 0 radical (unpaired) electrons. The first-order chi connectivity index (χ1) is 47.2. The molecular formula is C72H94Cl5N5O11SSe2Te2. The molecule has 15 aliphatic rings. The number of carbonyl (C=O) groups excluding carboxylic acids is 6. The third-order valence-electron chi connectivity index (χ3n) is 22.7. The number of aliphatic hydroxyl groups is 5. The number of allylic oxidation sites excluding steroid dienone is 7. The minimum Gasteiger partial charge on any atom is -0.390 e. The molecule has 1 unspecified atom stereocenters. The summed E-state index contributed by atoms with van der Waals surface area (Å²) in [6.45, 7) is 4.23. The van der Waals surface area contributed by atoms with Crippen molar-refractivity contribution in [3.05, 3.63) is 100 Å². The van der Waals surface area contributed by atoms with Crippen molar-refractivity contribution in [1.82, 2.24) is 26.6 Å². The van der Waals surface area contributed by atoms with Crippen molar-refractivity contribution in [2.45, 2.75) is 223 Å². The summed E-state index contributed by atoms with van der Waals surface area (Å²) in [5.41, 5.74) is 5.02. The Labute approximate surface area is 639 Å². The van der Waals surface area contributed by atoms with Crippen LogP contribution in [0.1, 0.15) is 142 Å². The molecular weight excluding hydrogens is 1730 g/mol. The van der Waals surface area contributed by atoms with Gasteiger partial charge in [-0.3, -0.25) is 9.59 Å². The Morgan fingerprint density at radius 2 is 0.949 bits per heavy atom. The first kappa shape index (κ1) is 78.0. The molecule has 21 atom stereocenters. The van der Waals surface area contributed by atoms with E-state index < -0.39 is 92.7 Å². The van der Waals surface area contributed by atoms with Gasteiger partial charge in [-0.15, -0.1) is 11.6 Å². The van der Waals surface area contributed by atoms with Crippen molar-refractivity contribution in [2.75, 3.05) is 29.4 Å². The second kappa shape index (κ2) is 33.8. The van der Waals surface area contributed by atoms with Crippen molar-refractivity contribution >= 4 is 176 Å². The largest absolute Gasteiger partial charge is 0.390 e. The number of aliphatic hydroxyl groups excluding tert-OH is 5. The van der Waals surface area contributed by atoms with Crippen LogP contribution >= 0.6 is 69.8 Å². The van der Waals surface area contributed by atoms with Crippen molar-refractivity contribution < 1.29 is 54.3 Å². The van der Waals surface area contributed by atoms with Gasteiger partial charge < -0.3 is 10.4 Å². The molecule has 98 heavy (non-hydrogen) atoms. The smallest absolute Gasteiger partial charge is 0.241 e. The van der Waals surface area contributed by atoms with Gasteiger partial charge in [-0.25, -0.2) is 0 Å². The summed E-state index contributed by atoms with van der Waals surface area (Å²) in [5.74, 6) is 2.96. The number of amides is 5. The molecule has 0 saturated carbocycles. The summed E-state index contributed by atoms with van der Waals surface area (Å²) in [7, 11) is 0. The van der Waals surface area contributed by atoms with Gasteiger partial charge in [0.15, 0.2) is 5.12 Å². The predicted molar refractivity (Wildman–Crippen MR) is 393 cm³/mol. The fourth-order valence-electron chi connectivity index (χ4n) is 17.2. The number of nitrogens with one attached hydrogen (secondary N) is 5. The summed E-state index contributed by atoms with van der Waals surface area (Å²) in [6.07, 6.45) is 37.6. The van der Waals surface area contributed by atoms with Crippen LogP contribution < -0.4 is 26.6 Å². The number of hydrogen-bond acceptors (Lipinski definition) is 12. The molecule has 10 aliphatic heterocycles. The second-order valence-electron chi connectivity index (χ2n) is 28.1. The molecule has 16 nitrogen and oxygen atoms in total. The Morgan fingerprint density at radius 1 is 0.500 bits per heavy atom. The molecule has 6 fully saturated rings. The van der Waals surface area contributed by atoms with Gasteiger partial charge in [-0.2, -0.15) is 0 Å². The molecule has 10 heterocycles. The van der Waals surface area contributed by atoms with E-state index >= 15 is 0 Å². The van der Waals surface area contributed by atoms with Crippen LogP contribution in [0.5, 0.6) is 0 Å². The molecule has 5 aliphatic carbocycles. The van der Waals surface area contributed by atoms with Crippen LogP contribution in [0.3, 0.4) is 0 Å². The maximum absolute atomic E-state index is 12.3. The minimum atomic E-state index is -0.986. The van der Waals surface area contributed by atoms with E-state index in [-0.39, 0.29) is 130 Å². The van der Waals surface area contributed by atoms with Crippen molar-refractivity contribution in [2.24, 2.45) is 35.5 Å². The normalized spacial score (nSPS) is 38.5. The standard InChI is InChI=1S/C15H20ClNO2Se.C15H20ClNO2Te.C14H18ClNO3S.C14H18ClNO2Se.C14H18ClNO2Te/c2*1-9-11(7-8-16)12-15(20-9,14(19)17-12)13(18)10-5-3-2-4-6-10;15-7-6-9-10-14(13(19)16-10,20-12(9)18)11(17)8-4-2-1-3-5-8;2*15-7-6-10-8-19-14(11(10)16-13(14)18)12(17)9-4-2-1-3-5-9/h2*3,5,10,12-13,18H,2,4,6-8H2,1H3,(H,17,19);2,4,8-11,17H,1,3,5-7H2,(H,16,19);2*2,4,8-9,11-12,17H,1,3,5-7H2,(H,16,18)/t2*10-,12-,13-,15-;8-,9?,10-,11-,14-;2*9-,11-,12-,14-/m00000/s1. The average Bonchev–Trinajstić information content (AvgIpc) is 1.54. The summed E-state index contributed by atoms with van der Waals surface area (Å²) >= 11 is 28.9. The van der Waals surface area contributed by atoms with Gasteiger partial charge in [0.25, 0.3) is 0 Å². The molecule has 5 amide bonds. The topological polar surface area (TPSA) is 264 Å². The van der Waals surface area contributed by atoms with E-state index in [1.807, 2.05) is 6.08 Å². The van der Waals surface area contributed by atoms with Gasteiger partial charge in [0.1, 0.15) is 4.75 Å². The summed E-state index contributed by atoms with van der Waals surface area (Å²) in [4.78, 5) is 75.2. The number of hydrogen-bond donors (Lipinski definition) is 10. The molecule has 0 aromatic heterocycles. The Kier molecular flexibility index (Phi) is 26.9. The Morgan fingerprint density at radius 3 is 1.42 bits per heavy atom. The Balaban J connectivity index is 0.000000124. The van der Waals surface area contributed by atoms with Crippen LogP contribution in [0.15, 0.2) is 100 Å². The fraction of sp³-hybridized carbons (Fsp3) is 0.667. The van der Waals surface area contributed by atoms with Crippen LogP contribution in [0.4, 0.5) is 0 Å². The van der Waals surface area contributed by atoms with Gasteiger partial charge in [0, 0.05) is 11.8 Å². The van der Waals surface area contributed by atoms with E-state index in [2.05, 4.69) is 104 Å². The summed E-state index contributed by atoms with van der Waals surface area (Å²) in [6, 6.07) is -0.0901. The average molecular weight is 1830 g/mol. The molecule has 6 saturated heterocycles. The van der Waals surface area contributed by atoms with Gasteiger partial charge >= 0.3 is 519 Å². The molecule has 0 spiro atoms. The molecule has 10 N–H and O–H groups in total. The molecule has 0 aromatic carbocycles. The first-order valence-electron chi connectivity index (χ1n) is 35.0. The van der Waals surface area contributed by atoms with E-state index in [0.717, 1.165) is 134 Å². The number of β-lactam (4-membered cyclic amide) rings is 5. The Bertz CT molecular complexity index is 3170. The van der Waals surface area contributed by atoms with E-state index in [1.54, 1.807) is 0 Å². The second-order valence-corrected chi connectivity index (χ2v) is 44.4. The molecule has 15 rings (SSSR count). The quantitative estimate of drug-likeness (QED) is 0.0238. The zero-order valence-corrected chi connectivity index (χ0v) is 68.1. The number of thioether (sulfide) groups is 1. The number of halogens is 5. The molecule has 0 aromatic rings. The Hall–Kier alpha value is -1.10. The van der Waals surface area contributed by atoms with Crippen LogP contribution in [-0.4, -0.2) is 227 Å². The zero-order valence-electron chi connectivity index (χ0n) is 55.5. The summed E-state index contributed by atoms with van der Waals surface area (Å²) < 4.78 is 1.79. The van der Waals surface area contributed by atoms with Gasteiger partial charge in [-0.05, 0) is 25.7 Å². The first-order valence-corrected chi connectivity index (χ1v) is 46.9. The van der Waals surface area contributed by atoms with Gasteiger partial charge in [0.05, 0.1) is 18.1 Å². The van der Waals surface area contributed by atoms with Crippen LogP contribution in [0.25, 0.3) is 0 Å². The van der Waals surface area contributed by atoms with Crippen molar-refractivity contribution in [3.63, 3.8) is 0 Å². The summed E-state index contributed by atoms with van der Waals surface area (Å²) in [5, 5.41) is 68.8. The molecule has 538 valence electrons. The monoisotopic (exact) mass is 1830 g/mol. The van der Waals surface area contributed by atoms with E-state index in [1.165, 1.54) is 30.4 Å².